The van der Waals surface area contributed by atoms with Crippen molar-refractivity contribution in [2.45, 2.75) is 0 Å². The summed E-state index contributed by atoms with van der Waals surface area (Å²) in [6.07, 6.45) is 0. The maximum Gasteiger partial charge on any atom is 0.166 e. The van der Waals surface area contributed by atoms with Crippen molar-refractivity contribution in [3.63, 3.8) is 0 Å². The number of benzene rings is 2. The Kier molecular flexibility index (Phi) is 4.21. The second kappa shape index (κ2) is 5.71. The minimum absolute atomic E-state index is 0.0479. The van der Waals surface area contributed by atoms with Crippen molar-refractivity contribution < 1.29 is 9.13 Å². The highest BCUT2D eigenvalue weighted by Gasteiger charge is 2.08. The number of hydrogen-bond donors (Lipinski definition) is 2. The van der Waals surface area contributed by atoms with E-state index in [1.165, 1.54) is 12.1 Å². The van der Waals surface area contributed by atoms with Gasteiger partial charge in [0.05, 0.1) is 0 Å². The van der Waals surface area contributed by atoms with Gasteiger partial charge >= 0.3 is 0 Å². The lowest BCUT2D eigenvalue weighted by Crippen LogP contribution is -2.11. The van der Waals surface area contributed by atoms with Crippen LogP contribution in [0.2, 0.25) is 0 Å². The molecule has 0 saturated carbocycles. The fourth-order valence-corrected chi connectivity index (χ4v) is 2.37. The fraction of sp³-hybridized carbons (Fsp3) is 0. The molecule has 0 atom stereocenters. The predicted octanol–water partition coefficient (Wildman–Crippen LogP) is 4.43. The molecule has 0 radical (unpaired) electrons. The lowest BCUT2D eigenvalue weighted by atomic mass is 10.2. The Morgan fingerprint density at radius 3 is 2.47 bits per heavy atom. The second-order valence-electron chi connectivity index (χ2n) is 3.73. The third kappa shape index (κ3) is 3.33. The van der Waals surface area contributed by atoms with Crippen molar-refractivity contribution in [2.24, 2.45) is 5.73 Å². The maximum absolute atomic E-state index is 13.6. The van der Waals surface area contributed by atoms with Crippen LogP contribution in [0, 0.1) is 11.2 Å². The monoisotopic (exact) mass is 386 g/mol. The number of nitrogen functional groups attached to an aromatic ring is 1. The summed E-state index contributed by atoms with van der Waals surface area (Å²) in [4.78, 5) is 0. The molecule has 2 rings (SSSR count). The number of halogens is 3. The van der Waals surface area contributed by atoms with Crippen LogP contribution in [0.4, 0.5) is 4.39 Å². The highest BCUT2D eigenvalue weighted by Crippen LogP contribution is 2.29. The quantitative estimate of drug-likeness (QED) is 0.604. The Morgan fingerprint density at radius 1 is 1.16 bits per heavy atom. The number of ether oxygens (including phenoxy) is 1. The van der Waals surface area contributed by atoms with Gasteiger partial charge in [-0.3, -0.25) is 5.41 Å². The number of amidine groups is 1. The van der Waals surface area contributed by atoms with Gasteiger partial charge in [-0.2, -0.15) is 0 Å². The summed E-state index contributed by atoms with van der Waals surface area (Å²) in [6.45, 7) is 0. The van der Waals surface area contributed by atoms with Gasteiger partial charge in [0.15, 0.2) is 11.6 Å². The van der Waals surface area contributed by atoms with E-state index in [9.17, 15) is 4.39 Å². The molecular weight excluding hydrogens is 379 g/mol. The van der Waals surface area contributed by atoms with E-state index in [0.29, 0.717) is 20.3 Å². The SMILES string of the molecule is N=C(N)c1ccc(Oc2ccc(Br)cc2F)cc1Br. The number of nitrogens with two attached hydrogens (primary N) is 1. The lowest BCUT2D eigenvalue weighted by molar-refractivity contribution is 0.441. The molecule has 0 fully saturated rings. The van der Waals surface area contributed by atoms with E-state index in [0.717, 1.165) is 0 Å². The minimum atomic E-state index is -0.457. The maximum atomic E-state index is 13.6. The lowest BCUT2D eigenvalue weighted by Gasteiger charge is -2.09. The summed E-state index contributed by atoms with van der Waals surface area (Å²) in [5, 5.41) is 7.37. The van der Waals surface area contributed by atoms with E-state index in [1.807, 2.05) is 0 Å². The van der Waals surface area contributed by atoms with Crippen LogP contribution in [0.1, 0.15) is 5.56 Å². The summed E-state index contributed by atoms with van der Waals surface area (Å²) in [6, 6.07) is 9.46. The molecule has 3 N–H and O–H groups in total. The summed E-state index contributed by atoms with van der Waals surface area (Å²) < 4.78 is 20.3. The number of nitrogens with one attached hydrogen (secondary N) is 1. The first-order chi connectivity index (χ1) is 8.97. The van der Waals surface area contributed by atoms with Crippen LogP contribution in [-0.2, 0) is 0 Å². The smallest absolute Gasteiger partial charge is 0.166 e. The van der Waals surface area contributed by atoms with Crippen LogP contribution >= 0.6 is 31.9 Å². The Morgan fingerprint density at radius 2 is 1.89 bits per heavy atom. The molecule has 6 heteroatoms. The van der Waals surface area contributed by atoms with Crippen molar-refractivity contribution in [1.29, 1.82) is 5.41 Å². The van der Waals surface area contributed by atoms with Crippen molar-refractivity contribution in [3.8, 4) is 11.5 Å². The standard InChI is InChI=1S/C13H9Br2FN2O/c14-7-1-4-12(11(16)5-7)19-8-2-3-9(13(17)18)10(15)6-8/h1-6H,(H3,17,18). The summed E-state index contributed by atoms with van der Waals surface area (Å²) in [7, 11) is 0. The molecule has 98 valence electrons. The van der Waals surface area contributed by atoms with E-state index >= 15 is 0 Å². The molecule has 2 aromatic carbocycles. The van der Waals surface area contributed by atoms with Crippen molar-refractivity contribution >= 4 is 37.7 Å². The highest BCUT2D eigenvalue weighted by atomic mass is 79.9. The molecular formula is C13H9Br2FN2O. The van der Waals surface area contributed by atoms with Crippen LogP contribution in [0.5, 0.6) is 11.5 Å². The van der Waals surface area contributed by atoms with Crippen LogP contribution in [0.3, 0.4) is 0 Å². The Bertz CT molecular complexity index is 647. The summed E-state index contributed by atoms with van der Waals surface area (Å²) in [5.41, 5.74) is 5.96. The van der Waals surface area contributed by atoms with Gasteiger partial charge in [-0.1, -0.05) is 15.9 Å². The zero-order chi connectivity index (χ0) is 14.0. The molecule has 0 aliphatic rings. The first kappa shape index (κ1) is 14.0. The van der Waals surface area contributed by atoms with Crippen molar-refractivity contribution in [1.82, 2.24) is 0 Å². The van der Waals surface area contributed by atoms with Gasteiger partial charge in [-0.15, -0.1) is 0 Å². The molecule has 0 saturated heterocycles. The molecule has 0 unspecified atom stereocenters. The third-order valence-corrected chi connectivity index (χ3v) is 3.50. The molecule has 0 heterocycles. The van der Waals surface area contributed by atoms with Crippen LogP contribution in [0.25, 0.3) is 0 Å². The molecule has 0 aliphatic heterocycles. The van der Waals surface area contributed by atoms with E-state index in [2.05, 4.69) is 31.9 Å². The van der Waals surface area contributed by atoms with E-state index in [-0.39, 0.29) is 11.6 Å². The first-order valence-corrected chi connectivity index (χ1v) is 6.83. The second-order valence-corrected chi connectivity index (χ2v) is 5.50. The summed E-state index contributed by atoms with van der Waals surface area (Å²) >= 11 is 6.47. The fourth-order valence-electron chi connectivity index (χ4n) is 1.46. The molecule has 19 heavy (non-hydrogen) atoms. The average Bonchev–Trinajstić information content (AvgIpc) is 2.32. The molecule has 0 aromatic heterocycles. The van der Waals surface area contributed by atoms with Gasteiger partial charge in [0.1, 0.15) is 11.6 Å². The van der Waals surface area contributed by atoms with Crippen LogP contribution < -0.4 is 10.5 Å². The minimum Gasteiger partial charge on any atom is -0.454 e. The van der Waals surface area contributed by atoms with Crippen molar-refractivity contribution in [2.75, 3.05) is 0 Å². The topological polar surface area (TPSA) is 59.1 Å². The van der Waals surface area contributed by atoms with E-state index in [4.69, 9.17) is 15.9 Å². The Balaban J connectivity index is 2.29. The molecule has 0 amide bonds. The average molecular weight is 388 g/mol. The molecule has 2 aromatic rings. The molecule has 0 bridgehead atoms. The normalized spacial score (nSPS) is 10.3. The third-order valence-electron chi connectivity index (χ3n) is 2.35. The number of hydrogen-bond acceptors (Lipinski definition) is 2. The van der Waals surface area contributed by atoms with Crippen LogP contribution in [-0.4, -0.2) is 5.84 Å². The van der Waals surface area contributed by atoms with Gasteiger partial charge < -0.3 is 10.5 Å². The zero-order valence-electron chi connectivity index (χ0n) is 9.58. The molecule has 3 nitrogen and oxygen atoms in total. The Hall–Kier alpha value is -1.40. The highest BCUT2D eigenvalue weighted by molar-refractivity contribution is 9.10. The Labute approximate surface area is 126 Å². The number of rotatable bonds is 3. The first-order valence-electron chi connectivity index (χ1n) is 5.24. The molecule has 0 aliphatic carbocycles. The zero-order valence-corrected chi connectivity index (χ0v) is 12.8. The van der Waals surface area contributed by atoms with Crippen LogP contribution in [0.15, 0.2) is 45.3 Å². The van der Waals surface area contributed by atoms with Gasteiger partial charge in [-0.25, -0.2) is 4.39 Å². The van der Waals surface area contributed by atoms with Gasteiger partial charge in [-0.05, 0) is 52.3 Å². The van der Waals surface area contributed by atoms with Crippen molar-refractivity contribution in [3.05, 3.63) is 56.7 Å². The van der Waals surface area contributed by atoms with E-state index in [1.54, 1.807) is 24.3 Å². The summed E-state index contributed by atoms with van der Waals surface area (Å²) in [5.74, 6) is 0.0816. The van der Waals surface area contributed by atoms with Gasteiger partial charge in [0, 0.05) is 14.5 Å². The van der Waals surface area contributed by atoms with Gasteiger partial charge in [0.2, 0.25) is 0 Å². The van der Waals surface area contributed by atoms with E-state index < -0.39 is 5.82 Å². The predicted molar refractivity (Wildman–Crippen MR) is 79.3 cm³/mol. The largest absolute Gasteiger partial charge is 0.454 e. The molecule has 0 spiro atoms. The van der Waals surface area contributed by atoms with Gasteiger partial charge in [0.25, 0.3) is 0 Å².